The summed E-state index contributed by atoms with van der Waals surface area (Å²) in [4.78, 5) is 5.39. The van der Waals surface area contributed by atoms with E-state index in [-0.39, 0.29) is 17.4 Å². The van der Waals surface area contributed by atoms with E-state index in [2.05, 4.69) is 4.98 Å². The zero-order valence-electron chi connectivity index (χ0n) is 10.9. The molecular weight excluding hydrogens is 281 g/mol. The smallest absolute Gasteiger partial charge is 0.389 e. The van der Waals surface area contributed by atoms with Gasteiger partial charge in [0.2, 0.25) is 0 Å². The van der Waals surface area contributed by atoms with Crippen LogP contribution >= 0.6 is 11.6 Å². The maximum atomic E-state index is 12.5. The van der Waals surface area contributed by atoms with Crippen molar-refractivity contribution in [2.24, 2.45) is 0 Å². The molecule has 1 aromatic heterocycles. The minimum absolute atomic E-state index is 0.0825. The number of rotatable bonds is 4. The Morgan fingerprint density at radius 1 is 1.37 bits per heavy atom. The van der Waals surface area contributed by atoms with E-state index in [9.17, 15) is 18.3 Å². The average Bonchev–Trinajstić information content (AvgIpc) is 2.23. The van der Waals surface area contributed by atoms with Gasteiger partial charge in [0.25, 0.3) is 0 Å². The van der Waals surface area contributed by atoms with E-state index in [1.165, 1.54) is 0 Å². The van der Waals surface area contributed by atoms with Crippen molar-refractivity contribution in [1.29, 1.82) is 0 Å². The van der Waals surface area contributed by atoms with Crippen LogP contribution in [0.2, 0.25) is 5.02 Å². The predicted octanol–water partition coefficient (Wildman–Crippen LogP) is 3.35. The number of likely N-dealkylation sites (N-methyl/N-ethyl adjacent to an activating group) is 1. The van der Waals surface area contributed by atoms with Gasteiger partial charge in [-0.1, -0.05) is 11.6 Å². The fourth-order valence-corrected chi connectivity index (χ4v) is 1.91. The highest BCUT2D eigenvalue weighted by atomic mass is 35.5. The summed E-state index contributed by atoms with van der Waals surface area (Å²) in [6.45, 7) is 5.71. The second-order valence-corrected chi connectivity index (χ2v) is 5.26. The highest BCUT2D eigenvalue weighted by Crippen LogP contribution is 2.33. The molecule has 7 heteroatoms. The van der Waals surface area contributed by atoms with Gasteiger partial charge in [0, 0.05) is 19.3 Å². The van der Waals surface area contributed by atoms with Crippen molar-refractivity contribution >= 4 is 17.4 Å². The molecule has 0 aliphatic heterocycles. The maximum Gasteiger partial charge on any atom is 0.417 e. The Balaban J connectivity index is 3.07. The first-order valence-corrected chi connectivity index (χ1v) is 6.12. The van der Waals surface area contributed by atoms with Crippen LogP contribution in [0.3, 0.4) is 0 Å². The number of aromatic nitrogens is 1. The van der Waals surface area contributed by atoms with Crippen molar-refractivity contribution < 1.29 is 18.3 Å². The standard InChI is InChI=1S/C12H16ClF3N2O/c1-4-18(7-11(2,3)19)10-9(13)5-8(6-17-10)12(14,15)16/h5-6,19H,4,7H2,1-3H3. The molecule has 108 valence electrons. The lowest BCUT2D eigenvalue weighted by Crippen LogP contribution is -2.39. The quantitative estimate of drug-likeness (QED) is 0.925. The van der Waals surface area contributed by atoms with E-state index >= 15 is 0 Å². The van der Waals surface area contributed by atoms with Gasteiger partial charge >= 0.3 is 6.18 Å². The number of halogens is 4. The third-order valence-corrected chi connectivity index (χ3v) is 2.69. The molecular formula is C12H16ClF3N2O. The monoisotopic (exact) mass is 296 g/mol. The number of hydrogen-bond donors (Lipinski definition) is 1. The Kier molecular flexibility index (Phi) is 4.68. The van der Waals surface area contributed by atoms with E-state index in [1.54, 1.807) is 25.7 Å². The lowest BCUT2D eigenvalue weighted by atomic mass is 10.1. The maximum absolute atomic E-state index is 12.5. The average molecular weight is 297 g/mol. The number of pyridine rings is 1. The summed E-state index contributed by atoms with van der Waals surface area (Å²) < 4.78 is 37.5. The van der Waals surface area contributed by atoms with Gasteiger partial charge in [-0.25, -0.2) is 4.98 Å². The Hall–Kier alpha value is -1.01. The highest BCUT2D eigenvalue weighted by molar-refractivity contribution is 6.33. The first-order chi connectivity index (χ1) is 8.54. The highest BCUT2D eigenvalue weighted by Gasteiger charge is 2.32. The van der Waals surface area contributed by atoms with Gasteiger partial charge in [0.05, 0.1) is 16.2 Å². The number of anilines is 1. The molecule has 0 amide bonds. The van der Waals surface area contributed by atoms with Gasteiger partial charge in [0.15, 0.2) is 0 Å². The van der Waals surface area contributed by atoms with E-state index in [4.69, 9.17) is 11.6 Å². The first-order valence-electron chi connectivity index (χ1n) is 5.74. The van der Waals surface area contributed by atoms with Crippen LogP contribution in [0.4, 0.5) is 19.0 Å². The summed E-state index contributed by atoms with van der Waals surface area (Å²) in [5, 5.41) is 9.68. The molecule has 1 aromatic rings. The molecule has 0 spiro atoms. The zero-order chi connectivity index (χ0) is 14.8. The minimum atomic E-state index is -4.47. The van der Waals surface area contributed by atoms with Gasteiger partial charge in [0.1, 0.15) is 5.82 Å². The lowest BCUT2D eigenvalue weighted by molar-refractivity contribution is -0.137. The summed E-state index contributed by atoms with van der Waals surface area (Å²) in [6, 6.07) is 0.844. The molecule has 0 saturated heterocycles. The van der Waals surface area contributed by atoms with E-state index in [0.29, 0.717) is 6.54 Å². The molecule has 0 bridgehead atoms. The van der Waals surface area contributed by atoms with Crippen LogP contribution in [-0.4, -0.2) is 28.8 Å². The van der Waals surface area contributed by atoms with Crippen LogP contribution in [0.5, 0.6) is 0 Å². The number of aliphatic hydroxyl groups is 1. The Morgan fingerprint density at radius 3 is 2.32 bits per heavy atom. The molecule has 1 N–H and O–H groups in total. The summed E-state index contributed by atoms with van der Waals surface area (Å²) in [6.07, 6.45) is -3.73. The van der Waals surface area contributed by atoms with Gasteiger partial charge in [-0.15, -0.1) is 0 Å². The topological polar surface area (TPSA) is 36.4 Å². The van der Waals surface area contributed by atoms with Gasteiger partial charge in [-0.3, -0.25) is 0 Å². The Morgan fingerprint density at radius 2 is 1.95 bits per heavy atom. The fourth-order valence-electron chi connectivity index (χ4n) is 1.62. The zero-order valence-corrected chi connectivity index (χ0v) is 11.7. The number of hydrogen-bond acceptors (Lipinski definition) is 3. The van der Waals surface area contributed by atoms with Gasteiger partial charge in [-0.2, -0.15) is 13.2 Å². The summed E-state index contributed by atoms with van der Waals surface area (Å²) in [7, 11) is 0. The van der Waals surface area contributed by atoms with Crippen molar-refractivity contribution in [3.63, 3.8) is 0 Å². The van der Waals surface area contributed by atoms with Crippen molar-refractivity contribution in [3.05, 3.63) is 22.8 Å². The second-order valence-electron chi connectivity index (χ2n) is 4.85. The molecule has 0 atom stereocenters. The molecule has 0 fully saturated rings. The Bertz CT molecular complexity index is 444. The van der Waals surface area contributed by atoms with Gasteiger partial charge < -0.3 is 10.0 Å². The minimum Gasteiger partial charge on any atom is -0.389 e. The molecule has 1 heterocycles. The largest absolute Gasteiger partial charge is 0.417 e. The molecule has 0 unspecified atom stereocenters. The molecule has 0 aliphatic carbocycles. The summed E-state index contributed by atoms with van der Waals surface area (Å²) >= 11 is 5.85. The lowest BCUT2D eigenvalue weighted by Gasteiger charge is -2.29. The van der Waals surface area contributed by atoms with Crippen LogP contribution in [0.15, 0.2) is 12.3 Å². The molecule has 1 rings (SSSR count). The third-order valence-electron chi connectivity index (χ3n) is 2.41. The van der Waals surface area contributed by atoms with Crippen molar-refractivity contribution in [2.45, 2.75) is 32.5 Å². The fraction of sp³-hybridized carbons (Fsp3) is 0.583. The molecule has 0 aliphatic rings. The number of nitrogens with zero attached hydrogens (tertiary/aromatic N) is 2. The van der Waals surface area contributed by atoms with Crippen LogP contribution in [0.25, 0.3) is 0 Å². The van der Waals surface area contributed by atoms with Crippen LogP contribution < -0.4 is 4.90 Å². The Labute approximate surface area is 115 Å². The van der Waals surface area contributed by atoms with Crippen molar-refractivity contribution in [2.75, 3.05) is 18.0 Å². The van der Waals surface area contributed by atoms with Crippen molar-refractivity contribution in [3.8, 4) is 0 Å². The van der Waals surface area contributed by atoms with Crippen LogP contribution in [0.1, 0.15) is 26.3 Å². The normalized spacial score (nSPS) is 12.6. The molecule has 3 nitrogen and oxygen atoms in total. The molecule has 0 radical (unpaired) electrons. The van der Waals surface area contributed by atoms with Crippen LogP contribution in [0, 0.1) is 0 Å². The first kappa shape index (κ1) is 16.0. The van der Waals surface area contributed by atoms with Crippen LogP contribution in [-0.2, 0) is 6.18 Å². The molecule has 0 aromatic carbocycles. The van der Waals surface area contributed by atoms with E-state index in [0.717, 1.165) is 12.3 Å². The third kappa shape index (κ3) is 4.54. The van der Waals surface area contributed by atoms with E-state index < -0.39 is 17.3 Å². The summed E-state index contributed by atoms with van der Waals surface area (Å²) in [5.41, 5.74) is -1.88. The predicted molar refractivity (Wildman–Crippen MR) is 68.4 cm³/mol. The molecule has 0 saturated carbocycles. The van der Waals surface area contributed by atoms with Crippen molar-refractivity contribution in [1.82, 2.24) is 4.98 Å². The van der Waals surface area contributed by atoms with Gasteiger partial charge in [-0.05, 0) is 26.8 Å². The SMILES string of the molecule is CCN(CC(C)(C)O)c1ncc(C(F)(F)F)cc1Cl. The second kappa shape index (κ2) is 5.54. The van der Waals surface area contributed by atoms with E-state index in [1.807, 2.05) is 0 Å². The number of alkyl halides is 3. The molecule has 19 heavy (non-hydrogen) atoms. The summed E-state index contributed by atoms with van der Waals surface area (Å²) in [5.74, 6) is 0.235.